The fourth-order valence-electron chi connectivity index (χ4n) is 2.71. The number of aromatic nitrogens is 2. The molecule has 1 amide bonds. The molecule has 0 atom stereocenters. The summed E-state index contributed by atoms with van der Waals surface area (Å²) in [5.41, 5.74) is 4.22. The Hall–Kier alpha value is -1.88. The highest BCUT2D eigenvalue weighted by Gasteiger charge is 2.17. The fourth-order valence-corrected chi connectivity index (χ4v) is 2.71. The van der Waals surface area contributed by atoms with Gasteiger partial charge in [-0.25, -0.2) is 4.98 Å². The van der Waals surface area contributed by atoms with Crippen LogP contribution in [-0.4, -0.2) is 45.2 Å². The van der Waals surface area contributed by atoms with Crippen molar-refractivity contribution in [3.05, 3.63) is 29.1 Å². The summed E-state index contributed by atoms with van der Waals surface area (Å²) in [6.07, 6.45) is 0.457. The number of aryl methyl sites for hydroxylation is 2. The molecular formula is C17H25N3O2. The van der Waals surface area contributed by atoms with Gasteiger partial charge in [0.1, 0.15) is 12.4 Å². The topological polar surface area (TPSA) is 58.4 Å². The Balaban J connectivity index is 2.47. The van der Waals surface area contributed by atoms with Crippen molar-refractivity contribution >= 4 is 16.9 Å². The van der Waals surface area contributed by atoms with Crippen LogP contribution in [0.2, 0.25) is 0 Å². The molecule has 0 saturated heterocycles. The fraction of sp³-hybridized carbons (Fsp3) is 0.529. The van der Waals surface area contributed by atoms with Gasteiger partial charge >= 0.3 is 0 Å². The van der Waals surface area contributed by atoms with Gasteiger partial charge in [-0.3, -0.25) is 4.79 Å². The summed E-state index contributed by atoms with van der Waals surface area (Å²) in [6, 6.07) is 4.12. The highest BCUT2D eigenvalue weighted by Crippen LogP contribution is 2.21. The molecule has 5 heteroatoms. The van der Waals surface area contributed by atoms with Crippen LogP contribution in [-0.2, 0) is 17.8 Å². The third-order valence-electron chi connectivity index (χ3n) is 4.19. The predicted octanol–water partition coefficient (Wildman–Crippen LogP) is 2.06. The summed E-state index contributed by atoms with van der Waals surface area (Å²) >= 11 is 0. The van der Waals surface area contributed by atoms with E-state index in [0.29, 0.717) is 19.5 Å². The van der Waals surface area contributed by atoms with Crippen LogP contribution >= 0.6 is 0 Å². The average molecular weight is 303 g/mol. The van der Waals surface area contributed by atoms with E-state index in [1.165, 1.54) is 11.1 Å². The first-order chi connectivity index (χ1) is 10.5. The molecule has 0 spiro atoms. The third kappa shape index (κ3) is 3.14. The molecule has 22 heavy (non-hydrogen) atoms. The highest BCUT2D eigenvalue weighted by molar-refractivity contribution is 5.82. The first-order valence-electron chi connectivity index (χ1n) is 7.86. The summed E-state index contributed by atoms with van der Waals surface area (Å²) in [7, 11) is 0. The average Bonchev–Trinajstić information content (AvgIpc) is 2.79. The number of rotatable bonds is 6. The number of carbonyl (C=O) groups excluding carboxylic acids is 1. The van der Waals surface area contributed by atoms with Crippen molar-refractivity contribution in [2.24, 2.45) is 0 Å². The van der Waals surface area contributed by atoms with Crippen molar-refractivity contribution in [3.63, 3.8) is 0 Å². The smallest absolute Gasteiger partial charge is 0.242 e. The minimum atomic E-state index is 0.0285. The quantitative estimate of drug-likeness (QED) is 0.888. The number of likely N-dealkylation sites (N-methyl/N-ethyl adjacent to an activating group) is 1. The molecule has 0 unspecified atom stereocenters. The number of aliphatic hydroxyl groups excluding tert-OH is 1. The number of amides is 1. The number of nitrogens with zero attached hydrogens (tertiary/aromatic N) is 3. The Morgan fingerprint density at radius 3 is 2.45 bits per heavy atom. The van der Waals surface area contributed by atoms with Crippen LogP contribution in [0.3, 0.4) is 0 Å². The lowest BCUT2D eigenvalue weighted by atomic mass is 10.1. The predicted molar refractivity (Wildman–Crippen MR) is 87.9 cm³/mol. The molecule has 0 aliphatic heterocycles. The molecule has 1 N–H and O–H groups in total. The number of carbonyl (C=O) groups is 1. The molecule has 5 nitrogen and oxygen atoms in total. The van der Waals surface area contributed by atoms with E-state index in [0.717, 1.165) is 16.9 Å². The maximum Gasteiger partial charge on any atom is 0.242 e. The molecular weight excluding hydrogens is 278 g/mol. The van der Waals surface area contributed by atoms with E-state index in [1.807, 2.05) is 29.4 Å². The summed E-state index contributed by atoms with van der Waals surface area (Å²) in [4.78, 5) is 18.9. The Morgan fingerprint density at radius 2 is 1.86 bits per heavy atom. The number of aliphatic hydroxyl groups is 1. The zero-order valence-electron chi connectivity index (χ0n) is 13.9. The summed E-state index contributed by atoms with van der Waals surface area (Å²) < 4.78 is 1.94. The van der Waals surface area contributed by atoms with Gasteiger partial charge in [-0.15, -0.1) is 0 Å². The second-order valence-corrected chi connectivity index (χ2v) is 5.58. The molecule has 1 heterocycles. The van der Waals surface area contributed by atoms with E-state index in [1.54, 1.807) is 0 Å². The first kappa shape index (κ1) is 16.5. The van der Waals surface area contributed by atoms with Crippen molar-refractivity contribution in [2.45, 2.75) is 40.7 Å². The van der Waals surface area contributed by atoms with Crippen LogP contribution < -0.4 is 0 Å². The van der Waals surface area contributed by atoms with Gasteiger partial charge in [0.15, 0.2) is 0 Å². The molecule has 0 aliphatic rings. The molecule has 0 radical (unpaired) electrons. The van der Waals surface area contributed by atoms with Crippen LogP contribution in [0.4, 0.5) is 0 Å². The van der Waals surface area contributed by atoms with Crippen molar-refractivity contribution in [1.29, 1.82) is 0 Å². The minimum Gasteiger partial charge on any atom is -0.396 e. The third-order valence-corrected chi connectivity index (χ3v) is 4.19. The maximum absolute atomic E-state index is 12.4. The molecule has 0 saturated carbocycles. The summed E-state index contributed by atoms with van der Waals surface area (Å²) in [5.74, 6) is 0.852. The Bertz CT molecular complexity index is 672. The van der Waals surface area contributed by atoms with E-state index in [2.05, 4.69) is 24.9 Å². The lowest BCUT2D eigenvalue weighted by Gasteiger charge is -2.20. The molecule has 2 aromatic rings. The van der Waals surface area contributed by atoms with E-state index in [9.17, 15) is 9.90 Å². The minimum absolute atomic E-state index is 0.0285. The number of fused-ring (bicyclic) bond motifs is 1. The molecule has 1 aromatic heterocycles. The Kier molecular flexibility index (Phi) is 5.19. The van der Waals surface area contributed by atoms with Crippen molar-refractivity contribution in [1.82, 2.24) is 14.5 Å². The summed E-state index contributed by atoms with van der Waals surface area (Å²) in [5, 5.41) is 9.27. The zero-order chi connectivity index (χ0) is 16.3. The van der Waals surface area contributed by atoms with Crippen LogP contribution in [0.1, 0.15) is 30.8 Å². The van der Waals surface area contributed by atoms with Crippen LogP contribution in [0.5, 0.6) is 0 Å². The van der Waals surface area contributed by atoms with E-state index in [4.69, 9.17) is 0 Å². The van der Waals surface area contributed by atoms with E-state index >= 15 is 0 Å². The number of hydrogen-bond acceptors (Lipinski definition) is 3. The van der Waals surface area contributed by atoms with Gasteiger partial charge < -0.3 is 14.6 Å². The zero-order valence-corrected chi connectivity index (χ0v) is 13.9. The standard InChI is InChI=1S/C17H25N3O2/c1-5-19(6-2)17(22)11-20-15-10-13(4)12(3)9-14(15)18-16(20)7-8-21/h9-10,21H,5-8,11H2,1-4H3. The van der Waals surface area contributed by atoms with Gasteiger partial charge in [0.05, 0.1) is 17.6 Å². The lowest BCUT2D eigenvalue weighted by molar-refractivity contribution is -0.131. The maximum atomic E-state index is 12.4. The van der Waals surface area contributed by atoms with Crippen LogP contribution in [0, 0.1) is 13.8 Å². The Labute approximate surface area is 131 Å². The van der Waals surface area contributed by atoms with Gasteiger partial charge in [0.25, 0.3) is 0 Å². The van der Waals surface area contributed by atoms with Crippen LogP contribution in [0.25, 0.3) is 11.0 Å². The largest absolute Gasteiger partial charge is 0.396 e. The van der Waals surface area contributed by atoms with Gasteiger partial charge in [0.2, 0.25) is 5.91 Å². The van der Waals surface area contributed by atoms with Gasteiger partial charge in [-0.1, -0.05) is 0 Å². The second kappa shape index (κ2) is 6.92. The van der Waals surface area contributed by atoms with E-state index < -0.39 is 0 Å². The molecule has 0 bridgehead atoms. The highest BCUT2D eigenvalue weighted by atomic mass is 16.3. The van der Waals surface area contributed by atoms with Gasteiger partial charge in [-0.2, -0.15) is 0 Å². The Morgan fingerprint density at radius 1 is 1.23 bits per heavy atom. The molecule has 0 aliphatic carbocycles. The molecule has 1 aromatic carbocycles. The van der Waals surface area contributed by atoms with Crippen molar-refractivity contribution in [2.75, 3.05) is 19.7 Å². The molecule has 2 rings (SSSR count). The summed E-state index contributed by atoms with van der Waals surface area (Å²) in [6.45, 7) is 9.79. The normalized spacial score (nSPS) is 11.1. The van der Waals surface area contributed by atoms with Crippen LogP contribution in [0.15, 0.2) is 12.1 Å². The lowest BCUT2D eigenvalue weighted by Crippen LogP contribution is -2.33. The SMILES string of the molecule is CCN(CC)C(=O)Cn1c(CCO)nc2cc(C)c(C)cc21. The first-order valence-corrected chi connectivity index (χ1v) is 7.86. The number of benzene rings is 1. The van der Waals surface area contributed by atoms with Gasteiger partial charge in [-0.05, 0) is 51.0 Å². The number of hydrogen-bond donors (Lipinski definition) is 1. The van der Waals surface area contributed by atoms with Crippen molar-refractivity contribution < 1.29 is 9.90 Å². The monoisotopic (exact) mass is 303 g/mol. The number of imidazole rings is 1. The van der Waals surface area contributed by atoms with E-state index in [-0.39, 0.29) is 19.1 Å². The molecule has 0 fully saturated rings. The molecule has 120 valence electrons. The van der Waals surface area contributed by atoms with Gasteiger partial charge in [0, 0.05) is 19.5 Å². The van der Waals surface area contributed by atoms with Crippen molar-refractivity contribution in [3.8, 4) is 0 Å². The second-order valence-electron chi connectivity index (χ2n) is 5.58.